The summed E-state index contributed by atoms with van der Waals surface area (Å²) < 4.78 is 53.0. The second kappa shape index (κ2) is 8.13. The van der Waals surface area contributed by atoms with Gasteiger partial charge in [-0.05, 0) is 42.7 Å². The Kier molecular flexibility index (Phi) is 5.51. The van der Waals surface area contributed by atoms with Crippen LogP contribution in [-0.4, -0.2) is 45.4 Å². The van der Waals surface area contributed by atoms with Crippen LogP contribution in [0.1, 0.15) is 29.0 Å². The predicted molar refractivity (Wildman–Crippen MR) is 105 cm³/mol. The summed E-state index contributed by atoms with van der Waals surface area (Å²) in [5, 5.41) is 0. The lowest BCUT2D eigenvalue weighted by Crippen LogP contribution is -2.46. The third-order valence-corrected chi connectivity index (χ3v) is 5.52. The van der Waals surface area contributed by atoms with Crippen molar-refractivity contribution in [1.29, 1.82) is 0 Å². The summed E-state index contributed by atoms with van der Waals surface area (Å²) in [5.41, 5.74) is 2.14. The quantitative estimate of drug-likeness (QED) is 0.458. The Hall–Kier alpha value is -3.23. The minimum atomic E-state index is -4.92. The van der Waals surface area contributed by atoms with Gasteiger partial charge < -0.3 is 9.47 Å². The zero-order valence-corrected chi connectivity index (χ0v) is 16.4. The largest absolute Gasteiger partial charge is 0.471 e. The van der Waals surface area contributed by atoms with Gasteiger partial charge >= 0.3 is 12.1 Å². The first-order valence-electron chi connectivity index (χ1n) is 9.84. The molecule has 0 spiro atoms. The van der Waals surface area contributed by atoms with E-state index in [0.29, 0.717) is 12.1 Å². The van der Waals surface area contributed by atoms with Crippen LogP contribution in [0.4, 0.5) is 17.6 Å². The average molecular weight is 433 g/mol. The maximum atomic E-state index is 13.3. The fourth-order valence-corrected chi connectivity index (χ4v) is 3.90. The lowest BCUT2D eigenvalue weighted by Gasteiger charge is -2.31. The fourth-order valence-electron chi connectivity index (χ4n) is 3.90. The van der Waals surface area contributed by atoms with Gasteiger partial charge in [-0.1, -0.05) is 24.3 Å². The molecule has 4 rings (SSSR count). The van der Waals surface area contributed by atoms with E-state index in [4.69, 9.17) is 0 Å². The van der Waals surface area contributed by atoms with Crippen molar-refractivity contribution >= 4 is 22.7 Å². The SMILES string of the molecule is O=C(c1nc2ccccc2n1Cc1ccc(F)cc1)C1CCN(C(=O)C(F)(F)F)CC1. The number of hydrogen-bond donors (Lipinski definition) is 0. The highest BCUT2D eigenvalue weighted by Gasteiger charge is 2.44. The van der Waals surface area contributed by atoms with Gasteiger partial charge in [0.05, 0.1) is 11.0 Å². The Balaban J connectivity index is 1.58. The van der Waals surface area contributed by atoms with Crippen LogP contribution in [-0.2, 0) is 11.3 Å². The maximum absolute atomic E-state index is 13.3. The molecule has 31 heavy (non-hydrogen) atoms. The van der Waals surface area contributed by atoms with Gasteiger partial charge in [0.15, 0.2) is 5.82 Å². The minimum absolute atomic E-state index is 0.132. The van der Waals surface area contributed by atoms with Crippen molar-refractivity contribution in [2.75, 3.05) is 13.1 Å². The van der Waals surface area contributed by atoms with E-state index in [-0.39, 0.29) is 43.4 Å². The van der Waals surface area contributed by atoms with Crippen molar-refractivity contribution in [1.82, 2.24) is 14.5 Å². The Morgan fingerprint density at radius 3 is 2.29 bits per heavy atom. The molecular formula is C22H19F4N3O2. The highest BCUT2D eigenvalue weighted by Crippen LogP contribution is 2.27. The van der Waals surface area contributed by atoms with Crippen LogP contribution in [0.3, 0.4) is 0 Å². The number of imidazole rings is 1. The van der Waals surface area contributed by atoms with Crippen molar-refractivity contribution in [2.24, 2.45) is 5.92 Å². The molecule has 0 atom stereocenters. The summed E-state index contributed by atoms with van der Waals surface area (Å²) in [7, 11) is 0. The summed E-state index contributed by atoms with van der Waals surface area (Å²) in [6.45, 7) is 0.0349. The first kappa shape index (κ1) is 21.0. The third-order valence-electron chi connectivity index (χ3n) is 5.52. The molecule has 1 aliphatic heterocycles. The molecule has 2 heterocycles. The van der Waals surface area contributed by atoms with E-state index in [1.54, 1.807) is 28.8 Å². The van der Waals surface area contributed by atoms with Gasteiger partial charge in [0.2, 0.25) is 5.78 Å². The van der Waals surface area contributed by atoms with Crippen molar-refractivity contribution in [3.8, 4) is 0 Å². The number of nitrogens with zero attached hydrogens (tertiary/aromatic N) is 3. The van der Waals surface area contributed by atoms with Crippen molar-refractivity contribution in [3.63, 3.8) is 0 Å². The zero-order chi connectivity index (χ0) is 22.2. The van der Waals surface area contributed by atoms with E-state index in [1.807, 2.05) is 12.1 Å². The Morgan fingerprint density at radius 1 is 1.00 bits per heavy atom. The fraction of sp³-hybridized carbons (Fsp3) is 0.318. The highest BCUT2D eigenvalue weighted by molar-refractivity contribution is 5.98. The Labute approximate surface area is 175 Å². The molecule has 0 N–H and O–H groups in total. The number of carbonyl (C=O) groups is 2. The molecule has 1 saturated heterocycles. The van der Waals surface area contributed by atoms with E-state index in [2.05, 4.69) is 4.98 Å². The van der Waals surface area contributed by atoms with Crippen molar-refractivity contribution in [2.45, 2.75) is 25.6 Å². The van der Waals surface area contributed by atoms with Crippen LogP contribution in [0, 0.1) is 11.7 Å². The number of para-hydroxylation sites is 2. The molecule has 0 bridgehead atoms. The van der Waals surface area contributed by atoms with Gasteiger partial charge in [0.1, 0.15) is 5.82 Å². The molecule has 2 aromatic carbocycles. The van der Waals surface area contributed by atoms with Crippen LogP contribution >= 0.6 is 0 Å². The predicted octanol–water partition coefficient (Wildman–Crippen LogP) is 4.21. The number of Topliss-reactive ketones (excluding diaryl/α,β-unsaturated/α-hetero) is 1. The number of hydrogen-bond acceptors (Lipinski definition) is 3. The number of halogens is 4. The van der Waals surface area contributed by atoms with Crippen LogP contribution in [0.15, 0.2) is 48.5 Å². The molecule has 1 aliphatic rings. The Morgan fingerprint density at radius 2 is 1.65 bits per heavy atom. The number of rotatable bonds is 4. The summed E-state index contributed by atoms with van der Waals surface area (Å²) in [6.07, 6.45) is -4.64. The first-order chi connectivity index (χ1) is 14.7. The number of amides is 1. The van der Waals surface area contributed by atoms with E-state index >= 15 is 0 Å². The van der Waals surface area contributed by atoms with Crippen LogP contribution < -0.4 is 0 Å². The number of carbonyl (C=O) groups excluding carboxylic acids is 2. The molecule has 5 nitrogen and oxygen atoms in total. The van der Waals surface area contributed by atoms with E-state index < -0.39 is 18.0 Å². The van der Waals surface area contributed by atoms with Gasteiger partial charge in [0, 0.05) is 25.6 Å². The van der Waals surface area contributed by atoms with Crippen LogP contribution in [0.25, 0.3) is 11.0 Å². The molecule has 162 valence electrons. The van der Waals surface area contributed by atoms with Gasteiger partial charge in [-0.2, -0.15) is 13.2 Å². The number of likely N-dealkylation sites (tertiary alicyclic amines) is 1. The summed E-state index contributed by atoms with van der Waals surface area (Å²) in [4.78, 5) is 29.9. The van der Waals surface area contributed by atoms with Crippen LogP contribution in [0.2, 0.25) is 0 Å². The first-order valence-corrected chi connectivity index (χ1v) is 9.84. The number of benzene rings is 2. The summed E-state index contributed by atoms with van der Waals surface area (Å²) >= 11 is 0. The average Bonchev–Trinajstić information content (AvgIpc) is 3.12. The lowest BCUT2D eigenvalue weighted by molar-refractivity contribution is -0.186. The maximum Gasteiger partial charge on any atom is 0.471 e. The standard InChI is InChI=1S/C22H19F4N3O2/c23-16-7-5-14(6-8-16)13-29-18-4-2-1-3-17(18)27-20(29)19(30)15-9-11-28(12-10-15)21(31)22(24,25)26/h1-8,15H,9-13H2. The van der Waals surface area contributed by atoms with E-state index in [9.17, 15) is 27.2 Å². The smallest absolute Gasteiger partial charge is 0.335 e. The lowest BCUT2D eigenvalue weighted by atomic mass is 9.92. The molecular weight excluding hydrogens is 414 g/mol. The molecule has 0 radical (unpaired) electrons. The van der Waals surface area contributed by atoms with Gasteiger partial charge in [-0.25, -0.2) is 9.37 Å². The molecule has 0 unspecified atom stereocenters. The molecule has 1 fully saturated rings. The molecule has 3 aromatic rings. The van der Waals surface area contributed by atoms with Crippen molar-refractivity contribution in [3.05, 3.63) is 65.7 Å². The van der Waals surface area contributed by atoms with E-state index in [0.717, 1.165) is 16.0 Å². The van der Waals surface area contributed by atoms with E-state index in [1.165, 1.54) is 12.1 Å². The Bertz CT molecular complexity index is 1110. The van der Waals surface area contributed by atoms with Gasteiger partial charge in [-0.15, -0.1) is 0 Å². The highest BCUT2D eigenvalue weighted by atomic mass is 19.4. The molecule has 1 amide bonds. The molecule has 0 aliphatic carbocycles. The van der Waals surface area contributed by atoms with Gasteiger partial charge in [0.25, 0.3) is 0 Å². The monoisotopic (exact) mass is 433 g/mol. The number of aromatic nitrogens is 2. The second-order valence-corrected chi connectivity index (χ2v) is 7.57. The van der Waals surface area contributed by atoms with Crippen LogP contribution in [0.5, 0.6) is 0 Å². The molecule has 9 heteroatoms. The molecule has 0 saturated carbocycles. The minimum Gasteiger partial charge on any atom is -0.335 e. The second-order valence-electron chi connectivity index (χ2n) is 7.57. The number of fused-ring (bicyclic) bond motifs is 1. The summed E-state index contributed by atoms with van der Waals surface area (Å²) in [5.74, 6) is -2.82. The topological polar surface area (TPSA) is 55.2 Å². The number of piperidine rings is 1. The number of alkyl halides is 3. The normalized spacial score (nSPS) is 15.4. The molecule has 1 aromatic heterocycles. The van der Waals surface area contributed by atoms with Gasteiger partial charge in [-0.3, -0.25) is 9.59 Å². The summed E-state index contributed by atoms with van der Waals surface area (Å²) in [6, 6.07) is 13.1. The zero-order valence-electron chi connectivity index (χ0n) is 16.4. The third kappa shape index (κ3) is 4.30. The van der Waals surface area contributed by atoms with Crippen molar-refractivity contribution < 1.29 is 27.2 Å². The number of ketones is 1.